The summed E-state index contributed by atoms with van der Waals surface area (Å²) < 4.78 is 0. The van der Waals surface area contributed by atoms with Gasteiger partial charge in [0.1, 0.15) is 18.1 Å². The molecule has 29 heavy (non-hydrogen) atoms. The Hall–Kier alpha value is -2.42. The largest absolute Gasteiger partial charge is 0.480 e. The maximum absolute atomic E-state index is 12.3. The van der Waals surface area contributed by atoms with E-state index in [4.69, 9.17) is 16.6 Å². The van der Waals surface area contributed by atoms with Crippen molar-refractivity contribution in [2.75, 3.05) is 12.4 Å². The first-order valence-electron chi connectivity index (χ1n) is 8.52. The summed E-state index contributed by atoms with van der Waals surface area (Å²) >= 11 is 3.78. The molecule has 0 aliphatic rings. The van der Waals surface area contributed by atoms with Crippen molar-refractivity contribution in [3.05, 3.63) is 0 Å². The number of thiol groups is 1. The fraction of sp³-hybridized carbons (Fsp3) is 0.667. The number of hydrogen-bond donors (Lipinski definition) is 9. The topological polar surface area (TPSA) is 234 Å². The van der Waals surface area contributed by atoms with Gasteiger partial charge in [0.25, 0.3) is 0 Å². The van der Waals surface area contributed by atoms with Gasteiger partial charge in [-0.05, 0) is 13.3 Å². The molecule has 13 nitrogen and oxygen atoms in total. The zero-order valence-corrected chi connectivity index (χ0v) is 16.6. The molecule has 0 aromatic carbocycles. The minimum Gasteiger partial charge on any atom is -0.480 e. The molecule has 0 fully saturated rings. The minimum absolute atomic E-state index is 0.0860. The number of aliphatic hydroxyl groups excluding tert-OH is 2. The summed E-state index contributed by atoms with van der Waals surface area (Å²) in [5.74, 6) is -5.15. The SMILES string of the molecule is CC(O)C(NC(=O)C(N)CCC(N)=O)C(=O)NC(CO)C(=O)NC(CS)C(=O)O. The summed E-state index contributed by atoms with van der Waals surface area (Å²) in [7, 11) is 0. The highest BCUT2D eigenvalue weighted by Crippen LogP contribution is 2.00. The number of carboxylic acids is 1. The molecule has 0 saturated carbocycles. The average Bonchev–Trinajstić information content (AvgIpc) is 2.64. The van der Waals surface area contributed by atoms with Crippen molar-refractivity contribution in [1.82, 2.24) is 16.0 Å². The second-order valence-corrected chi connectivity index (χ2v) is 6.53. The molecule has 0 rings (SSSR count). The van der Waals surface area contributed by atoms with Crippen molar-refractivity contribution in [3.8, 4) is 0 Å². The highest BCUT2D eigenvalue weighted by atomic mass is 32.1. The standard InChI is InChI=1S/C15H27N5O8S/c1-6(22)11(20-12(24)7(16)2-3-10(17)23)14(26)18-8(4-21)13(25)19-9(5-29)15(27)28/h6-9,11,21-22,29H,2-5,16H2,1H3,(H2,17,23)(H,18,26)(H,19,25)(H,20,24)(H,27,28). The fourth-order valence-corrected chi connectivity index (χ4v) is 2.26. The van der Waals surface area contributed by atoms with E-state index in [9.17, 15) is 34.2 Å². The van der Waals surface area contributed by atoms with E-state index in [1.54, 1.807) is 0 Å². The third-order valence-corrected chi connectivity index (χ3v) is 4.08. The van der Waals surface area contributed by atoms with Crippen LogP contribution in [0.25, 0.3) is 0 Å². The van der Waals surface area contributed by atoms with Crippen LogP contribution < -0.4 is 27.4 Å². The van der Waals surface area contributed by atoms with E-state index in [1.165, 1.54) is 6.92 Å². The highest BCUT2D eigenvalue weighted by molar-refractivity contribution is 7.80. The van der Waals surface area contributed by atoms with Gasteiger partial charge >= 0.3 is 5.97 Å². The van der Waals surface area contributed by atoms with Crippen LogP contribution >= 0.6 is 12.6 Å². The maximum atomic E-state index is 12.3. The molecule has 0 bridgehead atoms. The lowest BCUT2D eigenvalue weighted by atomic mass is 10.1. The third kappa shape index (κ3) is 9.56. The molecular weight excluding hydrogens is 410 g/mol. The number of carboxylic acid groups (broad SMARTS) is 1. The van der Waals surface area contributed by atoms with Crippen LogP contribution in [-0.2, 0) is 24.0 Å². The molecular formula is C15H27N5O8S. The van der Waals surface area contributed by atoms with Crippen LogP contribution in [0.4, 0.5) is 0 Å². The first kappa shape index (κ1) is 26.6. The molecule has 10 N–H and O–H groups in total. The van der Waals surface area contributed by atoms with Gasteiger partial charge in [0.2, 0.25) is 23.6 Å². The monoisotopic (exact) mass is 437 g/mol. The van der Waals surface area contributed by atoms with Gasteiger partial charge in [0.15, 0.2) is 0 Å². The molecule has 0 saturated heterocycles. The Morgan fingerprint density at radius 1 is 1.00 bits per heavy atom. The van der Waals surface area contributed by atoms with Gasteiger partial charge in [-0.25, -0.2) is 4.79 Å². The van der Waals surface area contributed by atoms with E-state index in [2.05, 4.69) is 28.6 Å². The fourth-order valence-electron chi connectivity index (χ4n) is 2.01. The lowest BCUT2D eigenvalue weighted by Gasteiger charge is -2.25. The Morgan fingerprint density at radius 3 is 1.97 bits per heavy atom. The predicted molar refractivity (Wildman–Crippen MR) is 102 cm³/mol. The maximum Gasteiger partial charge on any atom is 0.327 e. The lowest BCUT2D eigenvalue weighted by Crippen LogP contribution is -2.60. The predicted octanol–water partition coefficient (Wildman–Crippen LogP) is -4.58. The van der Waals surface area contributed by atoms with Crippen LogP contribution in [-0.4, -0.2) is 87.5 Å². The molecule has 166 valence electrons. The summed E-state index contributed by atoms with van der Waals surface area (Å²) in [6.07, 6.45) is -1.66. The van der Waals surface area contributed by atoms with E-state index >= 15 is 0 Å². The molecule has 0 radical (unpaired) electrons. The van der Waals surface area contributed by atoms with Crippen molar-refractivity contribution >= 4 is 42.2 Å². The van der Waals surface area contributed by atoms with Crippen LogP contribution in [0.5, 0.6) is 0 Å². The van der Waals surface area contributed by atoms with Crippen molar-refractivity contribution in [3.63, 3.8) is 0 Å². The molecule has 4 amide bonds. The molecule has 0 aromatic heterocycles. The molecule has 5 unspecified atom stereocenters. The number of carbonyl (C=O) groups is 5. The Kier molecular flexibility index (Phi) is 11.8. The van der Waals surface area contributed by atoms with E-state index < -0.39 is 66.5 Å². The molecule has 5 atom stereocenters. The Balaban J connectivity index is 5.05. The van der Waals surface area contributed by atoms with Gasteiger partial charge in [0, 0.05) is 12.2 Å². The molecule has 0 aromatic rings. The average molecular weight is 437 g/mol. The van der Waals surface area contributed by atoms with E-state index in [-0.39, 0.29) is 18.6 Å². The number of aliphatic hydroxyl groups is 2. The van der Waals surface area contributed by atoms with Gasteiger partial charge in [0.05, 0.1) is 18.8 Å². The Bertz CT molecular complexity index is 618. The molecule has 0 spiro atoms. The smallest absolute Gasteiger partial charge is 0.327 e. The van der Waals surface area contributed by atoms with E-state index in [0.717, 1.165) is 0 Å². The molecule has 0 heterocycles. The van der Waals surface area contributed by atoms with Crippen LogP contribution in [0.2, 0.25) is 0 Å². The highest BCUT2D eigenvalue weighted by Gasteiger charge is 2.32. The Labute approximate surface area is 172 Å². The first-order valence-corrected chi connectivity index (χ1v) is 9.15. The quantitative estimate of drug-likeness (QED) is 0.126. The first-order chi connectivity index (χ1) is 13.4. The second kappa shape index (κ2) is 12.9. The van der Waals surface area contributed by atoms with Crippen molar-refractivity contribution in [2.24, 2.45) is 11.5 Å². The second-order valence-electron chi connectivity index (χ2n) is 6.16. The summed E-state index contributed by atoms with van der Waals surface area (Å²) in [6, 6.07) is -5.62. The van der Waals surface area contributed by atoms with Crippen LogP contribution in [0.15, 0.2) is 0 Å². The number of nitrogens with two attached hydrogens (primary N) is 2. The minimum atomic E-state index is -1.55. The number of rotatable bonds is 13. The summed E-state index contributed by atoms with van der Waals surface area (Å²) in [6.45, 7) is 0.309. The molecule has 0 aliphatic carbocycles. The zero-order chi connectivity index (χ0) is 22.7. The van der Waals surface area contributed by atoms with Crippen LogP contribution in [0.3, 0.4) is 0 Å². The van der Waals surface area contributed by atoms with Crippen molar-refractivity contribution in [1.29, 1.82) is 0 Å². The lowest BCUT2D eigenvalue weighted by molar-refractivity contribution is -0.142. The normalized spacial score (nSPS) is 15.9. The van der Waals surface area contributed by atoms with E-state index in [1.807, 2.05) is 0 Å². The van der Waals surface area contributed by atoms with E-state index in [0.29, 0.717) is 0 Å². The number of hydrogen-bond acceptors (Lipinski definition) is 9. The summed E-state index contributed by atoms with van der Waals surface area (Å²) in [5.41, 5.74) is 10.6. The number of nitrogens with one attached hydrogen (secondary N) is 3. The summed E-state index contributed by atoms with van der Waals surface area (Å²) in [5, 5.41) is 34.4. The number of aliphatic carboxylic acids is 1. The van der Waals surface area contributed by atoms with Crippen molar-refractivity contribution < 1.29 is 39.3 Å². The molecule has 14 heteroatoms. The van der Waals surface area contributed by atoms with Crippen LogP contribution in [0, 0.1) is 0 Å². The number of primary amides is 1. The van der Waals surface area contributed by atoms with Gasteiger partial charge < -0.3 is 42.7 Å². The third-order valence-electron chi connectivity index (χ3n) is 3.71. The Morgan fingerprint density at radius 2 is 1.55 bits per heavy atom. The van der Waals surface area contributed by atoms with Gasteiger partial charge in [-0.2, -0.15) is 12.6 Å². The zero-order valence-electron chi connectivity index (χ0n) is 15.7. The van der Waals surface area contributed by atoms with Gasteiger partial charge in [-0.15, -0.1) is 0 Å². The van der Waals surface area contributed by atoms with Gasteiger partial charge in [-0.1, -0.05) is 0 Å². The van der Waals surface area contributed by atoms with Crippen molar-refractivity contribution in [2.45, 2.75) is 50.0 Å². The number of carbonyl (C=O) groups excluding carboxylic acids is 4. The molecule has 0 aliphatic heterocycles. The summed E-state index contributed by atoms with van der Waals surface area (Å²) in [4.78, 5) is 58.1. The van der Waals surface area contributed by atoms with Gasteiger partial charge in [-0.3, -0.25) is 19.2 Å². The van der Waals surface area contributed by atoms with Crippen LogP contribution in [0.1, 0.15) is 19.8 Å². The number of amides is 4.